The van der Waals surface area contributed by atoms with E-state index in [9.17, 15) is 9.59 Å². The molecule has 1 amide bonds. The molecule has 0 spiro atoms. The molecule has 31 heavy (non-hydrogen) atoms. The first kappa shape index (κ1) is 19.3. The maximum Gasteiger partial charge on any atom is 0.269 e. The molecule has 5 rings (SSSR count). The molecular weight excluding hydrogens is 458 g/mol. The van der Waals surface area contributed by atoms with E-state index in [0.29, 0.717) is 47.1 Å². The van der Waals surface area contributed by atoms with Gasteiger partial charge < -0.3 is 5.32 Å². The molecule has 0 saturated heterocycles. The molecule has 8 heteroatoms. The van der Waals surface area contributed by atoms with E-state index in [1.54, 1.807) is 47.3 Å². The summed E-state index contributed by atoms with van der Waals surface area (Å²) >= 11 is 3.38. The van der Waals surface area contributed by atoms with Gasteiger partial charge in [-0.2, -0.15) is 5.10 Å². The van der Waals surface area contributed by atoms with Gasteiger partial charge in [0, 0.05) is 33.9 Å². The predicted octanol–water partition coefficient (Wildman–Crippen LogP) is 3.74. The summed E-state index contributed by atoms with van der Waals surface area (Å²) in [4.78, 5) is 33.6. The Morgan fingerprint density at radius 3 is 2.39 bits per heavy atom. The lowest BCUT2D eigenvalue weighted by atomic mass is 10.0. The minimum Gasteiger partial charge on any atom is -0.349 e. The zero-order chi connectivity index (χ0) is 21.4. The first-order valence-corrected chi connectivity index (χ1v) is 10.5. The van der Waals surface area contributed by atoms with E-state index in [1.807, 2.05) is 24.3 Å². The van der Waals surface area contributed by atoms with Crippen molar-refractivity contribution in [3.8, 4) is 22.8 Å². The number of carbonyl (C=O) groups excluding carboxylic acids is 2. The lowest BCUT2D eigenvalue weighted by Crippen LogP contribution is -2.35. The number of halogens is 1. The van der Waals surface area contributed by atoms with Crippen molar-refractivity contribution in [2.75, 3.05) is 6.54 Å². The van der Waals surface area contributed by atoms with Gasteiger partial charge in [0.25, 0.3) is 5.91 Å². The third kappa shape index (κ3) is 3.77. The third-order valence-corrected chi connectivity index (χ3v) is 5.58. The van der Waals surface area contributed by atoms with Crippen LogP contribution in [0.3, 0.4) is 0 Å². The van der Waals surface area contributed by atoms with Crippen LogP contribution in [0.15, 0.2) is 71.3 Å². The van der Waals surface area contributed by atoms with Gasteiger partial charge in [-0.3, -0.25) is 14.3 Å². The highest BCUT2D eigenvalue weighted by molar-refractivity contribution is 9.10. The number of ketones is 1. The largest absolute Gasteiger partial charge is 0.349 e. The van der Waals surface area contributed by atoms with Crippen molar-refractivity contribution in [2.45, 2.75) is 6.54 Å². The Hall–Kier alpha value is -3.65. The van der Waals surface area contributed by atoms with Crippen LogP contribution in [0, 0.1) is 0 Å². The van der Waals surface area contributed by atoms with E-state index in [2.05, 4.69) is 36.3 Å². The van der Waals surface area contributed by atoms with Crippen LogP contribution in [0.1, 0.15) is 26.4 Å². The normalized spacial score (nSPS) is 12.9. The number of nitrogens with zero attached hydrogens (tertiary/aromatic N) is 4. The number of aromatic nitrogens is 4. The molecular formula is C23H16BrN5O2. The summed E-state index contributed by atoms with van der Waals surface area (Å²) in [6.07, 6.45) is 1.66. The molecule has 0 saturated carbocycles. The highest BCUT2D eigenvalue weighted by Gasteiger charge is 2.20. The topological polar surface area (TPSA) is 89.8 Å². The SMILES string of the molecule is O=C(c1ccc(Br)cc1)c1ccc(-c2nccc(-c3cc4n(n3)CCNC4=O)n2)cc1. The molecule has 0 radical (unpaired) electrons. The predicted molar refractivity (Wildman–Crippen MR) is 119 cm³/mol. The standard InChI is InChI=1S/C23H16BrN5O2/c24-17-7-5-15(6-8-17)21(30)14-1-3-16(4-2-14)22-25-10-9-18(27-22)19-13-20-23(31)26-11-12-29(20)28-19/h1-10,13H,11-12H2,(H,26,31). The number of benzene rings is 2. The van der Waals surface area contributed by atoms with E-state index in [0.717, 1.165) is 10.0 Å². The summed E-state index contributed by atoms with van der Waals surface area (Å²) in [6, 6.07) is 18.0. The van der Waals surface area contributed by atoms with Gasteiger partial charge in [0.2, 0.25) is 0 Å². The third-order valence-electron chi connectivity index (χ3n) is 5.05. The Kier molecular flexibility index (Phi) is 4.91. The summed E-state index contributed by atoms with van der Waals surface area (Å²) in [5, 5.41) is 7.31. The molecule has 4 aromatic rings. The van der Waals surface area contributed by atoms with Crippen LogP contribution in [0.4, 0.5) is 0 Å². The van der Waals surface area contributed by atoms with Crippen LogP contribution in [0.25, 0.3) is 22.8 Å². The molecule has 2 aromatic heterocycles. The van der Waals surface area contributed by atoms with Crippen LogP contribution in [-0.4, -0.2) is 38.0 Å². The summed E-state index contributed by atoms with van der Waals surface area (Å²) in [5.41, 5.74) is 3.79. The van der Waals surface area contributed by atoms with Gasteiger partial charge in [0.15, 0.2) is 11.6 Å². The van der Waals surface area contributed by atoms with Crippen LogP contribution >= 0.6 is 15.9 Å². The van der Waals surface area contributed by atoms with Crippen LogP contribution in [0.5, 0.6) is 0 Å². The summed E-state index contributed by atoms with van der Waals surface area (Å²) < 4.78 is 2.62. The second-order valence-corrected chi connectivity index (χ2v) is 7.99. The summed E-state index contributed by atoms with van der Waals surface area (Å²) in [5.74, 6) is 0.344. The minimum atomic E-state index is -0.134. The maximum absolute atomic E-state index is 12.7. The van der Waals surface area contributed by atoms with Crippen molar-refractivity contribution < 1.29 is 9.59 Å². The molecule has 1 N–H and O–H groups in total. The number of fused-ring (bicyclic) bond motifs is 1. The smallest absolute Gasteiger partial charge is 0.269 e. The van der Waals surface area contributed by atoms with E-state index >= 15 is 0 Å². The Labute approximate surface area is 186 Å². The number of nitrogens with one attached hydrogen (secondary N) is 1. The Morgan fingerprint density at radius 1 is 0.968 bits per heavy atom. The van der Waals surface area contributed by atoms with Crippen molar-refractivity contribution in [2.24, 2.45) is 0 Å². The lowest BCUT2D eigenvalue weighted by molar-refractivity contribution is 0.0924. The van der Waals surface area contributed by atoms with Gasteiger partial charge in [0.05, 0.1) is 12.2 Å². The zero-order valence-corrected chi connectivity index (χ0v) is 17.8. The second-order valence-electron chi connectivity index (χ2n) is 7.07. The first-order chi connectivity index (χ1) is 15.1. The van der Waals surface area contributed by atoms with Gasteiger partial charge in [-0.15, -0.1) is 0 Å². The van der Waals surface area contributed by atoms with Crippen molar-refractivity contribution >= 4 is 27.6 Å². The molecule has 0 fully saturated rings. The van der Waals surface area contributed by atoms with Gasteiger partial charge in [-0.1, -0.05) is 40.2 Å². The molecule has 3 heterocycles. The molecule has 7 nitrogen and oxygen atoms in total. The van der Waals surface area contributed by atoms with Gasteiger partial charge >= 0.3 is 0 Å². The molecule has 0 atom stereocenters. The monoisotopic (exact) mass is 473 g/mol. The van der Waals surface area contributed by atoms with Gasteiger partial charge in [-0.05, 0) is 36.4 Å². The highest BCUT2D eigenvalue weighted by Crippen LogP contribution is 2.23. The second kappa shape index (κ2) is 7.88. The fourth-order valence-corrected chi connectivity index (χ4v) is 3.70. The average molecular weight is 474 g/mol. The fourth-order valence-electron chi connectivity index (χ4n) is 3.44. The van der Waals surface area contributed by atoms with Gasteiger partial charge in [-0.25, -0.2) is 9.97 Å². The van der Waals surface area contributed by atoms with Crippen LogP contribution in [-0.2, 0) is 6.54 Å². The quantitative estimate of drug-likeness (QED) is 0.456. The summed E-state index contributed by atoms with van der Waals surface area (Å²) in [7, 11) is 0. The van der Waals surface area contributed by atoms with E-state index in [1.165, 1.54) is 0 Å². The maximum atomic E-state index is 12.7. The molecule has 152 valence electrons. The van der Waals surface area contributed by atoms with Gasteiger partial charge in [0.1, 0.15) is 11.4 Å². The molecule has 0 aliphatic carbocycles. The fraction of sp³-hybridized carbons (Fsp3) is 0.0870. The summed E-state index contributed by atoms with van der Waals surface area (Å²) in [6.45, 7) is 1.19. The van der Waals surface area contributed by atoms with Crippen molar-refractivity contribution in [1.29, 1.82) is 0 Å². The number of amides is 1. The van der Waals surface area contributed by atoms with Crippen molar-refractivity contribution in [3.63, 3.8) is 0 Å². The Balaban J connectivity index is 1.42. The minimum absolute atomic E-state index is 0.0458. The lowest BCUT2D eigenvalue weighted by Gasteiger charge is -2.13. The first-order valence-electron chi connectivity index (χ1n) is 9.69. The average Bonchev–Trinajstić information content (AvgIpc) is 3.25. The zero-order valence-electron chi connectivity index (χ0n) is 16.2. The number of carbonyl (C=O) groups is 2. The molecule has 2 aromatic carbocycles. The van der Waals surface area contributed by atoms with E-state index < -0.39 is 0 Å². The van der Waals surface area contributed by atoms with Crippen molar-refractivity contribution in [1.82, 2.24) is 25.1 Å². The Bertz CT molecular complexity index is 1300. The number of hydrogen-bond acceptors (Lipinski definition) is 5. The van der Waals surface area contributed by atoms with Crippen LogP contribution in [0.2, 0.25) is 0 Å². The van der Waals surface area contributed by atoms with Crippen molar-refractivity contribution in [3.05, 3.63) is 88.2 Å². The molecule has 0 bridgehead atoms. The molecule has 1 aliphatic heterocycles. The van der Waals surface area contributed by atoms with Crippen LogP contribution < -0.4 is 5.32 Å². The number of hydrogen-bond donors (Lipinski definition) is 1. The van der Waals surface area contributed by atoms with E-state index in [4.69, 9.17) is 0 Å². The molecule has 1 aliphatic rings. The Morgan fingerprint density at radius 2 is 1.68 bits per heavy atom. The number of rotatable bonds is 4. The highest BCUT2D eigenvalue weighted by atomic mass is 79.9. The molecule has 0 unspecified atom stereocenters. The van der Waals surface area contributed by atoms with E-state index in [-0.39, 0.29) is 11.7 Å².